The molecule has 2 rings (SSSR count). The normalized spacial score (nSPS) is 12.0. The topological polar surface area (TPSA) is 96.0 Å². The van der Waals surface area contributed by atoms with Gasteiger partial charge in [-0.1, -0.05) is 44.0 Å². The number of halogens is 1. The Morgan fingerprint density at radius 3 is 2.37 bits per heavy atom. The molecule has 35 heavy (non-hydrogen) atoms. The van der Waals surface area contributed by atoms with Gasteiger partial charge in [0.25, 0.3) is 0 Å². The number of carbonyl (C=O) groups excluding carboxylic acids is 2. The van der Waals surface area contributed by atoms with Crippen LogP contribution < -0.4 is 14.4 Å². The van der Waals surface area contributed by atoms with E-state index in [0.717, 1.165) is 29.0 Å². The molecule has 0 aliphatic rings. The van der Waals surface area contributed by atoms with E-state index in [1.54, 1.807) is 37.4 Å². The van der Waals surface area contributed by atoms with Gasteiger partial charge in [0.15, 0.2) is 0 Å². The molecule has 192 valence electrons. The van der Waals surface area contributed by atoms with Crippen LogP contribution in [-0.4, -0.2) is 57.6 Å². The lowest BCUT2D eigenvalue weighted by molar-refractivity contribution is -0.140. The molecule has 0 aliphatic heterocycles. The third-order valence-electron chi connectivity index (χ3n) is 5.50. The van der Waals surface area contributed by atoms with Crippen LogP contribution >= 0.6 is 11.6 Å². The number of hydrogen-bond acceptors (Lipinski definition) is 5. The molecule has 0 aromatic heterocycles. The lowest BCUT2D eigenvalue weighted by Crippen LogP contribution is -2.52. The quantitative estimate of drug-likeness (QED) is 0.402. The van der Waals surface area contributed by atoms with Crippen LogP contribution in [0.4, 0.5) is 5.69 Å². The van der Waals surface area contributed by atoms with Crippen LogP contribution in [0, 0.1) is 0 Å². The summed E-state index contributed by atoms with van der Waals surface area (Å²) in [6.45, 7) is 4.02. The average molecular weight is 524 g/mol. The monoisotopic (exact) mass is 523 g/mol. The number of amides is 2. The maximum Gasteiger partial charge on any atom is 0.244 e. The van der Waals surface area contributed by atoms with E-state index in [0.29, 0.717) is 29.4 Å². The highest BCUT2D eigenvalue weighted by Gasteiger charge is 2.31. The number of sulfonamides is 1. The molecule has 1 N–H and O–H groups in total. The first-order valence-corrected chi connectivity index (χ1v) is 13.8. The minimum absolute atomic E-state index is 0.119. The van der Waals surface area contributed by atoms with Crippen molar-refractivity contribution < 1.29 is 22.7 Å². The molecule has 2 aromatic rings. The molecule has 2 amide bonds. The predicted molar refractivity (Wildman–Crippen MR) is 139 cm³/mol. The first kappa shape index (κ1) is 28.5. The molecule has 0 spiro atoms. The van der Waals surface area contributed by atoms with Crippen molar-refractivity contribution in [1.82, 2.24) is 10.2 Å². The van der Waals surface area contributed by atoms with E-state index in [2.05, 4.69) is 5.32 Å². The molecule has 1 atom stereocenters. The third-order valence-corrected chi connectivity index (χ3v) is 6.89. The lowest BCUT2D eigenvalue weighted by atomic mass is 10.1. The van der Waals surface area contributed by atoms with Gasteiger partial charge < -0.3 is 15.0 Å². The van der Waals surface area contributed by atoms with E-state index in [4.69, 9.17) is 16.3 Å². The van der Waals surface area contributed by atoms with Gasteiger partial charge in [-0.3, -0.25) is 13.9 Å². The average Bonchev–Trinajstić information content (AvgIpc) is 2.82. The molecule has 0 radical (unpaired) electrons. The van der Waals surface area contributed by atoms with Gasteiger partial charge in [0, 0.05) is 18.1 Å². The first-order chi connectivity index (χ1) is 16.6. The Kier molecular flexibility index (Phi) is 10.9. The highest BCUT2D eigenvalue weighted by molar-refractivity contribution is 7.92. The number of rotatable bonds is 13. The predicted octanol–water partition coefficient (Wildman–Crippen LogP) is 3.84. The fourth-order valence-electron chi connectivity index (χ4n) is 3.61. The molecular formula is C25H34ClN3O5S. The van der Waals surface area contributed by atoms with Gasteiger partial charge in [-0.05, 0) is 54.8 Å². The summed E-state index contributed by atoms with van der Waals surface area (Å²) in [6, 6.07) is 12.6. The summed E-state index contributed by atoms with van der Waals surface area (Å²) < 4.78 is 31.5. The van der Waals surface area contributed by atoms with Crippen LogP contribution in [0.2, 0.25) is 5.02 Å². The smallest absolute Gasteiger partial charge is 0.244 e. The Labute approximate surface area is 213 Å². The van der Waals surface area contributed by atoms with E-state index >= 15 is 0 Å². The Bertz CT molecular complexity index is 1090. The molecule has 8 nitrogen and oxygen atoms in total. The number of methoxy groups -OCH3 is 1. The van der Waals surface area contributed by atoms with Crippen LogP contribution in [0.25, 0.3) is 0 Å². The zero-order valence-corrected chi connectivity index (χ0v) is 22.2. The molecule has 10 heteroatoms. The lowest BCUT2D eigenvalue weighted by Gasteiger charge is -2.33. The molecule has 0 saturated heterocycles. The van der Waals surface area contributed by atoms with Crippen LogP contribution in [0.3, 0.4) is 0 Å². The number of carbonyl (C=O) groups is 2. The summed E-state index contributed by atoms with van der Waals surface area (Å²) in [5.41, 5.74) is 1.07. The van der Waals surface area contributed by atoms with E-state index in [1.165, 1.54) is 17.0 Å². The third kappa shape index (κ3) is 8.43. The van der Waals surface area contributed by atoms with Crippen molar-refractivity contribution in [2.24, 2.45) is 0 Å². The summed E-state index contributed by atoms with van der Waals surface area (Å²) in [4.78, 5) is 28.1. The Balaban J connectivity index is 2.40. The van der Waals surface area contributed by atoms with Crippen LogP contribution in [-0.2, 0) is 26.2 Å². The summed E-state index contributed by atoms with van der Waals surface area (Å²) in [6.07, 6.45) is 3.15. The SMILES string of the molecule is CCCCNC(=O)[C@@H](CC)N(Cc1cccc(OC)c1)C(=O)CN(c1ccc(Cl)cc1)S(C)(=O)=O. The second-order valence-electron chi connectivity index (χ2n) is 8.19. The first-order valence-electron chi connectivity index (χ1n) is 11.5. The molecule has 0 bridgehead atoms. The maximum absolute atomic E-state index is 13.6. The number of benzene rings is 2. The molecular weight excluding hydrogens is 490 g/mol. The summed E-state index contributed by atoms with van der Waals surface area (Å²) >= 11 is 5.95. The van der Waals surface area contributed by atoms with Gasteiger partial charge in [0.1, 0.15) is 18.3 Å². The fourth-order valence-corrected chi connectivity index (χ4v) is 4.59. The van der Waals surface area contributed by atoms with Crippen LogP contribution in [0.15, 0.2) is 48.5 Å². The van der Waals surface area contributed by atoms with Crippen molar-refractivity contribution >= 4 is 39.1 Å². The molecule has 0 unspecified atom stereocenters. The second-order valence-corrected chi connectivity index (χ2v) is 10.5. The van der Waals surface area contributed by atoms with E-state index in [9.17, 15) is 18.0 Å². The number of nitrogens with one attached hydrogen (secondary N) is 1. The van der Waals surface area contributed by atoms with Gasteiger partial charge >= 0.3 is 0 Å². The minimum atomic E-state index is -3.79. The van der Waals surface area contributed by atoms with Gasteiger partial charge in [-0.2, -0.15) is 0 Å². The summed E-state index contributed by atoms with van der Waals surface area (Å²) in [5.74, 6) is -0.144. The highest BCUT2D eigenvalue weighted by Crippen LogP contribution is 2.22. The van der Waals surface area contributed by atoms with Gasteiger partial charge in [-0.15, -0.1) is 0 Å². The molecule has 0 fully saturated rings. The zero-order chi connectivity index (χ0) is 26.0. The van der Waals surface area contributed by atoms with Crippen LogP contribution in [0.5, 0.6) is 5.75 Å². The number of ether oxygens (including phenoxy) is 1. The number of hydrogen-bond donors (Lipinski definition) is 1. The van der Waals surface area contributed by atoms with E-state index in [1.807, 2.05) is 19.9 Å². The maximum atomic E-state index is 13.6. The zero-order valence-electron chi connectivity index (χ0n) is 20.7. The number of unbranched alkanes of at least 4 members (excludes halogenated alkanes) is 1. The second kappa shape index (κ2) is 13.3. The molecule has 0 heterocycles. The van der Waals surface area contributed by atoms with Crippen LogP contribution in [0.1, 0.15) is 38.7 Å². The minimum Gasteiger partial charge on any atom is -0.497 e. The van der Waals surface area contributed by atoms with Crippen molar-refractivity contribution in [1.29, 1.82) is 0 Å². The van der Waals surface area contributed by atoms with Gasteiger partial charge in [0.2, 0.25) is 21.8 Å². The van der Waals surface area contributed by atoms with Crippen molar-refractivity contribution in [3.05, 3.63) is 59.1 Å². The Morgan fingerprint density at radius 2 is 1.80 bits per heavy atom. The van der Waals surface area contributed by atoms with Crippen molar-refractivity contribution in [3.63, 3.8) is 0 Å². The standard InChI is InChI=1S/C25H34ClN3O5S/c1-5-7-15-27-25(31)23(6-2)28(17-19-9-8-10-22(16-19)34-3)24(30)18-29(35(4,32)33)21-13-11-20(26)12-14-21/h8-14,16,23H,5-7,15,17-18H2,1-4H3,(H,27,31)/t23-/m1/s1. The fraction of sp³-hybridized carbons (Fsp3) is 0.440. The Morgan fingerprint density at radius 1 is 1.11 bits per heavy atom. The molecule has 0 aliphatic carbocycles. The van der Waals surface area contributed by atoms with E-state index < -0.39 is 28.5 Å². The van der Waals surface area contributed by atoms with Gasteiger partial charge in [0.05, 0.1) is 19.1 Å². The van der Waals surface area contributed by atoms with Crippen molar-refractivity contribution in [2.45, 2.75) is 45.7 Å². The summed E-state index contributed by atoms with van der Waals surface area (Å²) in [7, 11) is -2.24. The summed E-state index contributed by atoms with van der Waals surface area (Å²) in [5, 5.41) is 3.34. The number of nitrogens with zero attached hydrogens (tertiary/aromatic N) is 2. The van der Waals surface area contributed by atoms with Crippen molar-refractivity contribution in [2.75, 3.05) is 30.8 Å². The highest BCUT2D eigenvalue weighted by atomic mass is 35.5. The molecule has 2 aromatic carbocycles. The Hall–Kier alpha value is -2.78. The van der Waals surface area contributed by atoms with Gasteiger partial charge in [-0.25, -0.2) is 8.42 Å². The van der Waals surface area contributed by atoms with E-state index in [-0.39, 0.29) is 12.5 Å². The molecule has 0 saturated carbocycles. The van der Waals surface area contributed by atoms with Crippen molar-refractivity contribution in [3.8, 4) is 5.75 Å². The number of anilines is 1. The largest absolute Gasteiger partial charge is 0.497 e.